The molecule has 2 aromatic rings. The van der Waals surface area contributed by atoms with E-state index in [9.17, 15) is 4.39 Å². The predicted octanol–water partition coefficient (Wildman–Crippen LogP) is 4.66. The van der Waals surface area contributed by atoms with E-state index in [1.807, 2.05) is 6.07 Å². The van der Waals surface area contributed by atoms with Crippen LogP contribution in [0, 0.1) is 5.82 Å². The molecule has 0 aliphatic heterocycles. The Labute approximate surface area is 114 Å². The molecule has 0 amide bonds. The SMILES string of the molecule is CCc1ccc(C2CCc3ccc(F)cc3C2)cc1. The average Bonchev–Trinajstić information content (AvgIpc) is 2.46. The maximum atomic E-state index is 13.3. The van der Waals surface area contributed by atoms with E-state index >= 15 is 0 Å². The van der Waals surface area contributed by atoms with Gasteiger partial charge in [-0.2, -0.15) is 0 Å². The summed E-state index contributed by atoms with van der Waals surface area (Å²) in [6.07, 6.45) is 4.29. The van der Waals surface area contributed by atoms with Crippen LogP contribution in [0.15, 0.2) is 42.5 Å². The first-order valence-electron chi connectivity index (χ1n) is 7.12. The fourth-order valence-electron chi connectivity index (χ4n) is 3.04. The summed E-state index contributed by atoms with van der Waals surface area (Å²) in [7, 11) is 0. The molecule has 1 aliphatic rings. The lowest BCUT2D eigenvalue weighted by atomic mass is 9.80. The van der Waals surface area contributed by atoms with Crippen molar-refractivity contribution < 1.29 is 4.39 Å². The molecule has 0 saturated carbocycles. The Morgan fingerprint density at radius 3 is 2.58 bits per heavy atom. The minimum atomic E-state index is -0.110. The standard InChI is InChI=1S/C18H19F/c1-2-13-3-5-14(6-4-13)16-8-7-15-9-10-18(19)12-17(15)11-16/h3-6,9-10,12,16H,2,7-8,11H2,1H3. The van der Waals surface area contributed by atoms with Crippen LogP contribution in [0.2, 0.25) is 0 Å². The maximum Gasteiger partial charge on any atom is 0.123 e. The van der Waals surface area contributed by atoms with Crippen molar-refractivity contribution in [1.82, 2.24) is 0 Å². The molecule has 0 nitrogen and oxygen atoms in total. The third-order valence-electron chi connectivity index (χ3n) is 4.26. The highest BCUT2D eigenvalue weighted by molar-refractivity contribution is 5.35. The molecule has 1 heteroatoms. The zero-order valence-corrected chi connectivity index (χ0v) is 11.3. The lowest BCUT2D eigenvalue weighted by Crippen LogP contribution is -2.13. The zero-order chi connectivity index (χ0) is 13.2. The van der Waals surface area contributed by atoms with Gasteiger partial charge in [0.05, 0.1) is 0 Å². The van der Waals surface area contributed by atoms with Crippen molar-refractivity contribution in [2.24, 2.45) is 0 Å². The van der Waals surface area contributed by atoms with Gasteiger partial charge in [0, 0.05) is 0 Å². The molecular formula is C18H19F. The van der Waals surface area contributed by atoms with Crippen molar-refractivity contribution in [3.8, 4) is 0 Å². The summed E-state index contributed by atoms with van der Waals surface area (Å²) < 4.78 is 13.3. The van der Waals surface area contributed by atoms with Gasteiger partial charge in [0.2, 0.25) is 0 Å². The lowest BCUT2D eigenvalue weighted by molar-refractivity contribution is 0.572. The van der Waals surface area contributed by atoms with Crippen LogP contribution in [0.5, 0.6) is 0 Å². The molecular weight excluding hydrogens is 235 g/mol. The fraction of sp³-hybridized carbons (Fsp3) is 0.333. The normalized spacial score (nSPS) is 18.1. The molecule has 0 saturated heterocycles. The third kappa shape index (κ3) is 2.56. The van der Waals surface area contributed by atoms with Crippen molar-refractivity contribution in [2.75, 3.05) is 0 Å². The number of fused-ring (bicyclic) bond motifs is 1. The van der Waals surface area contributed by atoms with E-state index in [1.165, 1.54) is 28.7 Å². The molecule has 3 rings (SSSR count). The largest absolute Gasteiger partial charge is 0.207 e. The zero-order valence-electron chi connectivity index (χ0n) is 11.3. The minimum absolute atomic E-state index is 0.110. The van der Waals surface area contributed by atoms with Gasteiger partial charge in [-0.15, -0.1) is 0 Å². The molecule has 0 radical (unpaired) electrons. The first-order chi connectivity index (χ1) is 9.26. The van der Waals surface area contributed by atoms with Gasteiger partial charge in [-0.3, -0.25) is 0 Å². The van der Waals surface area contributed by atoms with Crippen LogP contribution < -0.4 is 0 Å². The van der Waals surface area contributed by atoms with Crippen LogP contribution >= 0.6 is 0 Å². The second-order valence-corrected chi connectivity index (χ2v) is 5.45. The van der Waals surface area contributed by atoms with Crippen molar-refractivity contribution in [2.45, 2.75) is 38.5 Å². The van der Waals surface area contributed by atoms with Gasteiger partial charge in [0.15, 0.2) is 0 Å². The van der Waals surface area contributed by atoms with Crippen LogP contribution in [0.3, 0.4) is 0 Å². The van der Waals surface area contributed by atoms with Gasteiger partial charge in [0.1, 0.15) is 5.82 Å². The van der Waals surface area contributed by atoms with Gasteiger partial charge in [-0.05, 0) is 66.0 Å². The van der Waals surface area contributed by atoms with E-state index in [1.54, 1.807) is 12.1 Å². The van der Waals surface area contributed by atoms with E-state index in [0.29, 0.717) is 5.92 Å². The minimum Gasteiger partial charge on any atom is -0.207 e. The van der Waals surface area contributed by atoms with Crippen LogP contribution in [0.1, 0.15) is 41.5 Å². The number of rotatable bonds is 2. The summed E-state index contributed by atoms with van der Waals surface area (Å²) in [5.74, 6) is 0.431. The Hall–Kier alpha value is -1.63. The Balaban J connectivity index is 1.84. The van der Waals surface area contributed by atoms with Gasteiger partial charge >= 0.3 is 0 Å². The Kier molecular flexibility index (Phi) is 3.37. The molecule has 1 unspecified atom stereocenters. The van der Waals surface area contributed by atoms with Gasteiger partial charge in [-0.25, -0.2) is 4.39 Å². The van der Waals surface area contributed by atoms with Crippen LogP contribution in [-0.2, 0) is 19.3 Å². The van der Waals surface area contributed by atoms with Gasteiger partial charge in [-0.1, -0.05) is 37.3 Å². The van der Waals surface area contributed by atoms with E-state index in [4.69, 9.17) is 0 Å². The van der Waals surface area contributed by atoms with Crippen molar-refractivity contribution in [3.05, 3.63) is 70.5 Å². The van der Waals surface area contributed by atoms with Crippen LogP contribution in [-0.4, -0.2) is 0 Å². The summed E-state index contributed by atoms with van der Waals surface area (Å²) >= 11 is 0. The second kappa shape index (κ2) is 5.16. The predicted molar refractivity (Wildman–Crippen MR) is 77.0 cm³/mol. The van der Waals surface area contributed by atoms with Crippen molar-refractivity contribution >= 4 is 0 Å². The monoisotopic (exact) mass is 254 g/mol. The number of hydrogen-bond acceptors (Lipinski definition) is 0. The molecule has 2 aromatic carbocycles. The van der Waals surface area contributed by atoms with Gasteiger partial charge in [0.25, 0.3) is 0 Å². The Morgan fingerprint density at radius 2 is 1.84 bits per heavy atom. The Morgan fingerprint density at radius 1 is 1.05 bits per heavy atom. The molecule has 19 heavy (non-hydrogen) atoms. The quantitative estimate of drug-likeness (QED) is 0.731. The smallest absolute Gasteiger partial charge is 0.123 e. The molecule has 98 valence electrons. The molecule has 0 bridgehead atoms. The highest BCUT2D eigenvalue weighted by Crippen LogP contribution is 2.33. The molecule has 0 aromatic heterocycles. The molecule has 1 aliphatic carbocycles. The summed E-state index contributed by atoms with van der Waals surface area (Å²) in [4.78, 5) is 0. The molecule has 1 atom stereocenters. The molecule has 0 N–H and O–H groups in total. The molecule has 0 fully saturated rings. The Bertz CT molecular complexity index is 569. The van der Waals surface area contributed by atoms with Gasteiger partial charge < -0.3 is 0 Å². The van der Waals surface area contributed by atoms with E-state index in [-0.39, 0.29) is 5.82 Å². The van der Waals surface area contributed by atoms with Crippen molar-refractivity contribution in [3.63, 3.8) is 0 Å². The number of aryl methyl sites for hydroxylation is 2. The van der Waals surface area contributed by atoms with E-state index in [2.05, 4.69) is 31.2 Å². The van der Waals surface area contributed by atoms with E-state index in [0.717, 1.165) is 19.3 Å². The summed E-state index contributed by atoms with van der Waals surface area (Å²) in [5, 5.41) is 0. The number of halogens is 1. The first-order valence-corrected chi connectivity index (χ1v) is 7.12. The van der Waals surface area contributed by atoms with Crippen LogP contribution in [0.4, 0.5) is 4.39 Å². The molecule has 0 heterocycles. The highest BCUT2D eigenvalue weighted by Gasteiger charge is 2.20. The first kappa shape index (κ1) is 12.4. The average molecular weight is 254 g/mol. The fourth-order valence-corrected chi connectivity index (χ4v) is 3.04. The summed E-state index contributed by atoms with van der Waals surface area (Å²) in [5.41, 5.74) is 5.29. The number of hydrogen-bond donors (Lipinski definition) is 0. The molecule has 0 spiro atoms. The third-order valence-corrected chi connectivity index (χ3v) is 4.26. The summed E-state index contributed by atoms with van der Waals surface area (Å²) in [6, 6.07) is 14.2. The van der Waals surface area contributed by atoms with Crippen LogP contribution in [0.25, 0.3) is 0 Å². The second-order valence-electron chi connectivity index (χ2n) is 5.45. The maximum absolute atomic E-state index is 13.3. The number of benzene rings is 2. The highest BCUT2D eigenvalue weighted by atomic mass is 19.1. The lowest BCUT2D eigenvalue weighted by Gasteiger charge is -2.25. The van der Waals surface area contributed by atoms with E-state index < -0.39 is 0 Å². The summed E-state index contributed by atoms with van der Waals surface area (Å²) in [6.45, 7) is 2.18. The van der Waals surface area contributed by atoms with Crippen molar-refractivity contribution in [1.29, 1.82) is 0 Å². The topological polar surface area (TPSA) is 0 Å².